The van der Waals surface area contributed by atoms with Gasteiger partial charge in [-0.15, -0.1) is 11.3 Å². The van der Waals surface area contributed by atoms with Gasteiger partial charge in [0.15, 0.2) is 11.5 Å². The van der Waals surface area contributed by atoms with E-state index in [9.17, 15) is 14.4 Å². The highest BCUT2D eigenvalue weighted by atomic mass is 35.5. The Bertz CT molecular complexity index is 1330. The third-order valence-electron chi connectivity index (χ3n) is 5.10. The van der Waals surface area contributed by atoms with Gasteiger partial charge in [0.25, 0.3) is 11.1 Å². The summed E-state index contributed by atoms with van der Waals surface area (Å²) in [5, 5.41) is 11.0. The zero-order valence-electron chi connectivity index (χ0n) is 16.7. The molecule has 3 aromatic rings. The SMILES string of the molecule is O=C(O)c1ccc(-c2csc(C=C3SC(=O)N(Cc4cc5c(cc4Cl)OCO5)C3=O)c2)cc1. The molecule has 0 radical (unpaired) electrons. The van der Waals surface area contributed by atoms with Gasteiger partial charge in [-0.2, -0.15) is 0 Å². The Morgan fingerprint density at radius 3 is 2.55 bits per heavy atom. The van der Waals surface area contributed by atoms with Gasteiger partial charge in [0, 0.05) is 16.0 Å². The molecule has 0 bridgehead atoms. The van der Waals surface area contributed by atoms with Crippen molar-refractivity contribution in [2.45, 2.75) is 6.54 Å². The standard InChI is InChI=1S/C23H14ClNO6S2/c24-17-8-19-18(30-11-31-19)6-14(17)9-25-21(26)20(33-23(25)29)7-16-5-15(10-32-16)12-1-3-13(4-2-12)22(27)28/h1-8,10H,9,11H2,(H,27,28). The molecule has 1 saturated heterocycles. The van der Waals surface area contributed by atoms with Crippen LogP contribution in [-0.4, -0.2) is 33.9 Å². The number of ether oxygens (including phenoxy) is 2. The highest BCUT2D eigenvalue weighted by Crippen LogP contribution is 2.40. The molecule has 2 amide bonds. The third kappa shape index (κ3) is 4.22. The van der Waals surface area contributed by atoms with E-state index in [0.717, 1.165) is 32.7 Å². The zero-order valence-corrected chi connectivity index (χ0v) is 19.1. The molecule has 166 valence electrons. The summed E-state index contributed by atoms with van der Waals surface area (Å²) in [5.74, 6) is -0.312. The Hall–Kier alpha value is -3.27. The molecule has 10 heteroatoms. The van der Waals surface area contributed by atoms with Gasteiger partial charge < -0.3 is 14.6 Å². The number of carbonyl (C=O) groups excluding carboxylic acids is 2. The van der Waals surface area contributed by atoms with Gasteiger partial charge in [-0.25, -0.2) is 4.79 Å². The Labute approximate surface area is 201 Å². The Kier molecular flexibility index (Phi) is 5.61. The summed E-state index contributed by atoms with van der Waals surface area (Å²) >= 11 is 8.60. The second-order valence-corrected chi connectivity index (χ2v) is 9.53. The molecular weight excluding hydrogens is 486 g/mol. The minimum atomic E-state index is -0.981. The molecule has 0 aliphatic carbocycles. The van der Waals surface area contributed by atoms with Crippen molar-refractivity contribution in [3.63, 3.8) is 0 Å². The number of benzene rings is 2. The van der Waals surface area contributed by atoms with Crippen molar-refractivity contribution in [3.05, 3.63) is 73.8 Å². The van der Waals surface area contributed by atoms with Crippen LogP contribution in [0.15, 0.2) is 52.7 Å². The fourth-order valence-electron chi connectivity index (χ4n) is 3.40. The van der Waals surface area contributed by atoms with Crippen LogP contribution in [0.4, 0.5) is 4.79 Å². The molecule has 0 unspecified atom stereocenters. The number of carboxylic acids is 1. The maximum absolute atomic E-state index is 12.9. The largest absolute Gasteiger partial charge is 0.478 e. The van der Waals surface area contributed by atoms with Crippen molar-refractivity contribution in [1.82, 2.24) is 4.90 Å². The minimum Gasteiger partial charge on any atom is -0.478 e. The molecule has 1 N–H and O–H groups in total. The molecule has 7 nitrogen and oxygen atoms in total. The number of aromatic carboxylic acids is 1. The molecule has 0 saturated carbocycles. The monoisotopic (exact) mass is 499 g/mol. The first-order chi connectivity index (χ1) is 15.9. The number of fused-ring (bicyclic) bond motifs is 1. The van der Waals surface area contributed by atoms with E-state index in [-0.39, 0.29) is 30.0 Å². The van der Waals surface area contributed by atoms with Gasteiger partial charge in [0.1, 0.15) is 0 Å². The lowest BCUT2D eigenvalue weighted by atomic mass is 10.1. The molecule has 0 spiro atoms. The summed E-state index contributed by atoms with van der Waals surface area (Å²) < 4.78 is 10.6. The van der Waals surface area contributed by atoms with Gasteiger partial charge in [0.05, 0.1) is 17.0 Å². The smallest absolute Gasteiger partial charge is 0.335 e. The average molecular weight is 500 g/mol. The number of thiophene rings is 1. The van der Waals surface area contributed by atoms with E-state index < -0.39 is 5.97 Å². The van der Waals surface area contributed by atoms with Crippen molar-refractivity contribution in [3.8, 4) is 22.6 Å². The summed E-state index contributed by atoms with van der Waals surface area (Å²) in [7, 11) is 0. The predicted octanol–water partition coefficient (Wildman–Crippen LogP) is 5.73. The van der Waals surface area contributed by atoms with Gasteiger partial charge >= 0.3 is 5.97 Å². The van der Waals surface area contributed by atoms with Crippen molar-refractivity contribution in [2.24, 2.45) is 0 Å². The molecule has 2 aliphatic rings. The van der Waals surface area contributed by atoms with E-state index in [1.165, 1.54) is 11.3 Å². The van der Waals surface area contributed by atoms with Crippen LogP contribution in [0.5, 0.6) is 11.5 Å². The Morgan fingerprint density at radius 1 is 1.09 bits per heavy atom. The number of amides is 2. The number of carbonyl (C=O) groups is 3. The molecule has 2 aromatic carbocycles. The van der Waals surface area contributed by atoms with Gasteiger partial charge in [-0.1, -0.05) is 23.7 Å². The lowest BCUT2D eigenvalue weighted by Gasteiger charge is -2.14. The van der Waals surface area contributed by atoms with Crippen LogP contribution in [-0.2, 0) is 11.3 Å². The zero-order chi connectivity index (χ0) is 23.1. The van der Waals surface area contributed by atoms with Crippen LogP contribution in [0, 0.1) is 0 Å². The molecule has 1 fully saturated rings. The number of imide groups is 1. The summed E-state index contributed by atoms with van der Waals surface area (Å²) in [6.07, 6.45) is 1.69. The molecule has 1 aromatic heterocycles. The number of halogens is 1. The first kappa shape index (κ1) is 21.6. The highest BCUT2D eigenvalue weighted by Gasteiger charge is 2.36. The van der Waals surface area contributed by atoms with Crippen LogP contribution >= 0.6 is 34.7 Å². The minimum absolute atomic E-state index is 0.0308. The number of rotatable bonds is 5. The summed E-state index contributed by atoms with van der Waals surface area (Å²) in [4.78, 5) is 38.8. The van der Waals surface area contributed by atoms with Crippen LogP contribution in [0.1, 0.15) is 20.8 Å². The van der Waals surface area contributed by atoms with Crippen LogP contribution in [0.3, 0.4) is 0 Å². The fourth-order valence-corrected chi connectivity index (χ4v) is 5.37. The first-order valence-electron chi connectivity index (χ1n) is 9.65. The lowest BCUT2D eigenvalue weighted by Crippen LogP contribution is -2.27. The molecular formula is C23H14ClNO6S2. The summed E-state index contributed by atoms with van der Waals surface area (Å²) in [5.41, 5.74) is 2.56. The van der Waals surface area contributed by atoms with Gasteiger partial charge in [0.2, 0.25) is 6.79 Å². The maximum atomic E-state index is 12.9. The Morgan fingerprint density at radius 2 is 1.82 bits per heavy atom. The number of nitrogens with zero attached hydrogens (tertiary/aromatic N) is 1. The molecule has 5 rings (SSSR count). The van der Waals surface area contributed by atoms with E-state index in [1.807, 2.05) is 11.4 Å². The van der Waals surface area contributed by atoms with E-state index >= 15 is 0 Å². The molecule has 0 atom stereocenters. The van der Waals surface area contributed by atoms with E-state index in [0.29, 0.717) is 27.0 Å². The van der Waals surface area contributed by atoms with Crippen molar-refractivity contribution >= 4 is 57.9 Å². The van der Waals surface area contributed by atoms with Crippen molar-refractivity contribution in [2.75, 3.05) is 6.79 Å². The van der Waals surface area contributed by atoms with E-state index in [1.54, 1.807) is 42.5 Å². The highest BCUT2D eigenvalue weighted by molar-refractivity contribution is 8.18. The first-order valence-corrected chi connectivity index (χ1v) is 11.7. The fraction of sp³-hybridized carbons (Fsp3) is 0.0870. The topological polar surface area (TPSA) is 93.1 Å². The molecule has 2 aliphatic heterocycles. The number of hydrogen-bond acceptors (Lipinski definition) is 7. The Balaban J connectivity index is 1.34. The number of thioether (sulfide) groups is 1. The van der Waals surface area contributed by atoms with Crippen molar-refractivity contribution < 1.29 is 29.0 Å². The van der Waals surface area contributed by atoms with Gasteiger partial charge in [-0.05, 0) is 64.2 Å². The van der Waals surface area contributed by atoms with Crippen LogP contribution in [0.2, 0.25) is 5.02 Å². The van der Waals surface area contributed by atoms with Gasteiger partial charge in [-0.3, -0.25) is 14.5 Å². The predicted molar refractivity (Wildman–Crippen MR) is 126 cm³/mol. The number of carboxylic acid groups (broad SMARTS) is 1. The van der Waals surface area contributed by atoms with Crippen LogP contribution < -0.4 is 9.47 Å². The lowest BCUT2D eigenvalue weighted by molar-refractivity contribution is -0.123. The third-order valence-corrected chi connectivity index (χ3v) is 7.24. The quantitative estimate of drug-likeness (QED) is 0.448. The normalized spacial score (nSPS) is 16.2. The average Bonchev–Trinajstić information content (AvgIpc) is 3.51. The second kappa shape index (κ2) is 8.58. The summed E-state index contributed by atoms with van der Waals surface area (Å²) in [6, 6.07) is 11.7. The summed E-state index contributed by atoms with van der Waals surface area (Å²) in [6.45, 7) is 0.134. The molecule has 3 heterocycles. The second-order valence-electron chi connectivity index (χ2n) is 7.18. The van der Waals surface area contributed by atoms with E-state index in [2.05, 4.69) is 0 Å². The van der Waals surface area contributed by atoms with E-state index in [4.69, 9.17) is 26.2 Å². The maximum Gasteiger partial charge on any atom is 0.335 e. The number of hydrogen-bond donors (Lipinski definition) is 1. The van der Waals surface area contributed by atoms with Crippen molar-refractivity contribution in [1.29, 1.82) is 0 Å². The molecule has 33 heavy (non-hydrogen) atoms. The van der Waals surface area contributed by atoms with Crippen LogP contribution in [0.25, 0.3) is 17.2 Å².